The van der Waals surface area contributed by atoms with Crippen molar-refractivity contribution in [3.63, 3.8) is 0 Å². The summed E-state index contributed by atoms with van der Waals surface area (Å²) in [5.74, 6) is 0. The van der Waals surface area contributed by atoms with Crippen LogP contribution < -0.4 is 9.80 Å². The number of nitrogens with zero attached hydrogens (tertiary/aromatic N) is 1. The SMILES string of the molecule is CC1C=C[NH+](c2ccccc2)C(=S)N1c1ccccc1.O=S(=O)([O-])O. The van der Waals surface area contributed by atoms with Crippen LogP contribution in [0.25, 0.3) is 0 Å². The zero-order valence-corrected chi connectivity index (χ0v) is 15.1. The van der Waals surface area contributed by atoms with Gasteiger partial charge in [0.05, 0.1) is 6.04 Å². The van der Waals surface area contributed by atoms with Gasteiger partial charge in [-0.1, -0.05) is 36.4 Å². The second-order valence-corrected chi connectivity index (χ2v) is 6.56. The molecule has 0 aliphatic carbocycles. The molecular weight excluding hydrogens is 360 g/mol. The van der Waals surface area contributed by atoms with Gasteiger partial charge in [-0.05, 0) is 37.3 Å². The fraction of sp³-hybridized carbons (Fsp3) is 0.118. The number of hydrogen-bond acceptors (Lipinski definition) is 4. The molecule has 2 aromatic rings. The van der Waals surface area contributed by atoms with Crippen molar-refractivity contribution in [1.29, 1.82) is 0 Å². The highest BCUT2D eigenvalue weighted by atomic mass is 32.3. The first kappa shape index (κ1) is 19.2. The number of rotatable bonds is 2. The minimum Gasteiger partial charge on any atom is -0.726 e. The number of nitrogens with one attached hydrogen (secondary N) is 1. The fourth-order valence-corrected chi connectivity index (χ4v) is 2.94. The van der Waals surface area contributed by atoms with Gasteiger partial charge in [0, 0.05) is 17.9 Å². The summed E-state index contributed by atoms with van der Waals surface area (Å²) in [7, 11) is -4.92. The maximum Gasteiger partial charge on any atom is 0.285 e. The van der Waals surface area contributed by atoms with E-state index in [1.807, 2.05) is 36.4 Å². The van der Waals surface area contributed by atoms with Gasteiger partial charge in [0.2, 0.25) is 10.4 Å². The number of para-hydroxylation sites is 2. The Kier molecular flexibility index (Phi) is 6.40. The Labute approximate surface area is 152 Å². The summed E-state index contributed by atoms with van der Waals surface area (Å²) >= 11 is 5.73. The maximum atomic E-state index is 8.63. The number of hydrogen-bond donors (Lipinski definition) is 2. The van der Waals surface area contributed by atoms with Crippen LogP contribution in [0.15, 0.2) is 72.9 Å². The number of anilines is 1. The fourth-order valence-electron chi connectivity index (χ4n) is 2.49. The highest BCUT2D eigenvalue weighted by Gasteiger charge is 2.30. The van der Waals surface area contributed by atoms with E-state index in [2.05, 4.69) is 48.4 Å². The molecule has 25 heavy (non-hydrogen) atoms. The third kappa shape index (κ3) is 5.73. The van der Waals surface area contributed by atoms with E-state index in [9.17, 15) is 0 Å². The summed E-state index contributed by atoms with van der Waals surface area (Å²) < 4.78 is 32.8. The van der Waals surface area contributed by atoms with Crippen molar-refractivity contribution in [3.05, 3.63) is 72.9 Å². The van der Waals surface area contributed by atoms with Gasteiger partial charge in [0.25, 0.3) is 5.11 Å². The molecule has 0 amide bonds. The molecule has 2 unspecified atom stereocenters. The predicted octanol–water partition coefficient (Wildman–Crippen LogP) is 1.91. The zero-order valence-electron chi connectivity index (χ0n) is 13.4. The van der Waals surface area contributed by atoms with Crippen LogP contribution in [-0.4, -0.2) is 28.7 Å². The molecule has 8 heteroatoms. The molecule has 0 spiro atoms. The largest absolute Gasteiger partial charge is 0.726 e. The van der Waals surface area contributed by atoms with Crippen molar-refractivity contribution >= 4 is 39.1 Å². The van der Waals surface area contributed by atoms with E-state index >= 15 is 0 Å². The summed E-state index contributed by atoms with van der Waals surface area (Å²) in [5, 5.41) is 0.886. The molecule has 1 aliphatic rings. The number of benzene rings is 2. The smallest absolute Gasteiger partial charge is 0.285 e. The van der Waals surface area contributed by atoms with Gasteiger partial charge in [0.15, 0.2) is 0 Å². The van der Waals surface area contributed by atoms with Crippen molar-refractivity contribution in [3.8, 4) is 0 Å². The summed E-state index contributed by atoms with van der Waals surface area (Å²) in [5.41, 5.74) is 2.31. The summed E-state index contributed by atoms with van der Waals surface area (Å²) in [6, 6.07) is 20.9. The first-order valence-corrected chi connectivity index (χ1v) is 9.22. The monoisotopic (exact) mass is 378 g/mol. The number of quaternary nitrogens is 1. The Morgan fingerprint density at radius 1 is 1.08 bits per heavy atom. The Morgan fingerprint density at radius 3 is 2.08 bits per heavy atom. The topological polar surface area (TPSA) is 85.1 Å². The predicted molar refractivity (Wildman–Crippen MR) is 99.5 cm³/mol. The average Bonchev–Trinajstić information content (AvgIpc) is 2.55. The Balaban J connectivity index is 0.000000399. The molecule has 2 atom stereocenters. The minimum atomic E-state index is -4.92. The molecule has 132 valence electrons. The second-order valence-electron chi connectivity index (χ2n) is 5.32. The quantitative estimate of drug-likeness (QED) is 0.472. The normalized spacial score (nSPS) is 20.0. The van der Waals surface area contributed by atoms with Crippen LogP contribution in [0, 0.1) is 0 Å². The lowest BCUT2D eigenvalue weighted by atomic mass is 10.2. The molecule has 0 bridgehead atoms. The van der Waals surface area contributed by atoms with Crippen LogP contribution >= 0.6 is 12.2 Å². The molecule has 2 aromatic carbocycles. The third-order valence-corrected chi connectivity index (χ3v) is 3.93. The van der Waals surface area contributed by atoms with Gasteiger partial charge >= 0.3 is 0 Å². The van der Waals surface area contributed by atoms with Crippen molar-refractivity contribution in [2.24, 2.45) is 0 Å². The van der Waals surface area contributed by atoms with Crippen LogP contribution in [0.4, 0.5) is 11.4 Å². The molecule has 0 saturated carbocycles. The lowest BCUT2D eigenvalue weighted by molar-refractivity contribution is -0.666. The number of thiocarbonyl (C=S) groups is 1. The van der Waals surface area contributed by atoms with Crippen LogP contribution in [-0.2, 0) is 10.4 Å². The standard InChI is InChI=1S/C17H16N2S.H2O4S/c1-14-12-13-18(15-8-4-2-5-9-15)17(20)19(14)16-10-6-3-7-11-16;1-5(2,3)4/h2-14H,1H3;(H2,1,2,3,4). The molecule has 2 N–H and O–H groups in total. The van der Waals surface area contributed by atoms with Gasteiger partial charge < -0.3 is 4.55 Å². The first-order chi connectivity index (χ1) is 11.8. The van der Waals surface area contributed by atoms with Crippen molar-refractivity contribution in [1.82, 2.24) is 0 Å². The van der Waals surface area contributed by atoms with Crippen LogP contribution in [0.5, 0.6) is 0 Å². The van der Waals surface area contributed by atoms with Gasteiger partial charge in [-0.2, -0.15) is 0 Å². The van der Waals surface area contributed by atoms with Crippen molar-refractivity contribution in [2.75, 3.05) is 4.90 Å². The molecule has 3 rings (SSSR count). The van der Waals surface area contributed by atoms with Crippen molar-refractivity contribution in [2.45, 2.75) is 13.0 Å². The lowest BCUT2D eigenvalue weighted by Gasteiger charge is -2.34. The molecule has 1 heterocycles. The van der Waals surface area contributed by atoms with E-state index in [4.69, 9.17) is 29.7 Å². The van der Waals surface area contributed by atoms with Crippen LogP contribution in [0.1, 0.15) is 6.92 Å². The van der Waals surface area contributed by atoms with Gasteiger partial charge in [-0.25, -0.2) is 13.3 Å². The summed E-state index contributed by atoms with van der Waals surface area (Å²) in [6.07, 6.45) is 4.34. The molecule has 1 aliphatic heterocycles. The Bertz CT molecular complexity index is 831. The van der Waals surface area contributed by atoms with Crippen LogP contribution in [0.3, 0.4) is 0 Å². The molecular formula is C17H18N2O4S2. The zero-order chi connectivity index (χ0) is 18.4. The Hall–Kier alpha value is -2.10. The lowest BCUT2D eigenvalue weighted by Crippen LogP contribution is -3.08. The average molecular weight is 378 g/mol. The van der Waals surface area contributed by atoms with E-state index in [0.717, 1.165) is 15.7 Å². The maximum absolute atomic E-state index is 8.63. The Morgan fingerprint density at radius 2 is 1.56 bits per heavy atom. The van der Waals surface area contributed by atoms with Gasteiger partial charge in [-0.15, -0.1) is 0 Å². The van der Waals surface area contributed by atoms with E-state index in [-0.39, 0.29) is 6.04 Å². The van der Waals surface area contributed by atoms with E-state index in [1.165, 1.54) is 5.69 Å². The second kappa shape index (κ2) is 8.32. The molecule has 0 fully saturated rings. The molecule has 6 nitrogen and oxygen atoms in total. The van der Waals surface area contributed by atoms with Gasteiger partial charge in [0.1, 0.15) is 11.9 Å². The first-order valence-electron chi connectivity index (χ1n) is 7.45. The highest BCUT2D eigenvalue weighted by molar-refractivity contribution is 7.80. The molecule has 0 radical (unpaired) electrons. The molecule has 0 aromatic heterocycles. The molecule has 0 saturated heterocycles. The van der Waals surface area contributed by atoms with E-state index in [1.54, 1.807) is 0 Å². The summed E-state index contributed by atoms with van der Waals surface area (Å²) in [6.45, 7) is 2.16. The van der Waals surface area contributed by atoms with Crippen LogP contribution in [0.2, 0.25) is 0 Å². The van der Waals surface area contributed by atoms with E-state index in [0.29, 0.717) is 0 Å². The third-order valence-electron chi connectivity index (χ3n) is 3.52. The highest BCUT2D eigenvalue weighted by Crippen LogP contribution is 2.19. The minimum absolute atomic E-state index is 0.275. The van der Waals surface area contributed by atoms with E-state index < -0.39 is 10.4 Å². The summed E-state index contributed by atoms with van der Waals surface area (Å²) in [4.78, 5) is 3.32. The van der Waals surface area contributed by atoms with Crippen molar-refractivity contribution < 1.29 is 22.4 Å². The van der Waals surface area contributed by atoms with Gasteiger partial charge in [-0.3, -0.25) is 9.45 Å².